The van der Waals surface area contributed by atoms with Gasteiger partial charge in [0.25, 0.3) is 0 Å². The van der Waals surface area contributed by atoms with Crippen LogP contribution in [-0.2, 0) is 14.3 Å². The van der Waals surface area contributed by atoms with Gasteiger partial charge < -0.3 is 14.4 Å². The minimum atomic E-state index is 0.0703. The molecule has 1 heterocycles. The van der Waals surface area contributed by atoms with Gasteiger partial charge in [0.2, 0.25) is 5.91 Å². The van der Waals surface area contributed by atoms with Crippen molar-refractivity contribution in [2.45, 2.75) is 6.92 Å². The van der Waals surface area contributed by atoms with Crippen LogP contribution >= 0.6 is 0 Å². The minimum Gasteiger partial charge on any atom is -0.380 e. The molecule has 1 amide bonds. The van der Waals surface area contributed by atoms with Gasteiger partial charge in [-0.2, -0.15) is 0 Å². The van der Waals surface area contributed by atoms with E-state index in [-0.39, 0.29) is 12.5 Å². The number of carbonyl (C=O) groups is 1. The van der Waals surface area contributed by atoms with E-state index in [1.165, 1.54) is 0 Å². The Kier molecular flexibility index (Phi) is 4.04. The lowest BCUT2D eigenvalue weighted by Gasteiger charge is -2.26. The number of amides is 1. The third kappa shape index (κ3) is 2.79. The van der Waals surface area contributed by atoms with Crippen LogP contribution in [0.1, 0.15) is 6.92 Å². The Bertz CT molecular complexity index is 149. The normalized spacial score (nSPS) is 18.4. The summed E-state index contributed by atoms with van der Waals surface area (Å²) in [6.07, 6.45) is 0. The first kappa shape index (κ1) is 9.48. The second-order valence-electron chi connectivity index (χ2n) is 2.63. The Hall–Kier alpha value is -0.610. The Labute approximate surface area is 72.4 Å². The van der Waals surface area contributed by atoms with E-state index in [4.69, 9.17) is 9.47 Å². The number of rotatable bonds is 4. The fraction of sp³-hybridized carbons (Fsp3) is 0.875. The molecule has 1 rings (SSSR count). The zero-order valence-electron chi connectivity index (χ0n) is 7.41. The molecule has 0 aromatic carbocycles. The van der Waals surface area contributed by atoms with Crippen LogP contribution in [-0.4, -0.2) is 50.3 Å². The van der Waals surface area contributed by atoms with Crippen molar-refractivity contribution in [3.63, 3.8) is 0 Å². The number of morpholine rings is 1. The van der Waals surface area contributed by atoms with E-state index >= 15 is 0 Å². The fourth-order valence-corrected chi connectivity index (χ4v) is 1.11. The maximum absolute atomic E-state index is 11.1. The topological polar surface area (TPSA) is 38.8 Å². The zero-order chi connectivity index (χ0) is 8.81. The predicted octanol–water partition coefficient (Wildman–Crippen LogP) is -0.118. The standard InChI is InChI=1S/C8H15NO3/c1-2-11-5-3-9-4-6-12-7-8(9)10/h2-7H2,1H3. The summed E-state index contributed by atoms with van der Waals surface area (Å²) in [6, 6.07) is 0. The molecule has 4 heteroatoms. The summed E-state index contributed by atoms with van der Waals surface area (Å²) < 4.78 is 10.1. The lowest BCUT2D eigenvalue weighted by Crippen LogP contribution is -2.43. The van der Waals surface area contributed by atoms with Crippen LogP contribution in [0.5, 0.6) is 0 Å². The van der Waals surface area contributed by atoms with Crippen LogP contribution in [0.25, 0.3) is 0 Å². The maximum Gasteiger partial charge on any atom is 0.248 e. The van der Waals surface area contributed by atoms with E-state index in [2.05, 4.69) is 0 Å². The zero-order valence-corrected chi connectivity index (χ0v) is 7.41. The van der Waals surface area contributed by atoms with Crippen LogP contribution in [0.2, 0.25) is 0 Å². The van der Waals surface area contributed by atoms with Gasteiger partial charge in [0.1, 0.15) is 6.61 Å². The van der Waals surface area contributed by atoms with Crippen molar-refractivity contribution in [1.82, 2.24) is 4.90 Å². The molecule has 1 fully saturated rings. The van der Waals surface area contributed by atoms with Gasteiger partial charge in [-0.3, -0.25) is 4.79 Å². The molecule has 4 nitrogen and oxygen atoms in total. The van der Waals surface area contributed by atoms with Crippen molar-refractivity contribution in [2.75, 3.05) is 39.5 Å². The Morgan fingerprint density at radius 3 is 3.17 bits per heavy atom. The number of carbonyl (C=O) groups excluding carboxylic acids is 1. The molecule has 0 bridgehead atoms. The van der Waals surface area contributed by atoms with E-state index in [9.17, 15) is 4.79 Å². The van der Waals surface area contributed by atoms with E-state index < -0.39 is 0 Å². The number of hydrogen-bond acceptors (Lipinski definition) is 3. The van der Waals surface area contributed by atoms with Gasteiger partial charge >= 0.3 is 0 Å². The summed E-state index contributed by atoms with van der Waals surface area (Å²) in [4.78, 5) is 12.9. The molecule has 0 unspecified atom stereocenters. The van der Waals surface area contributed by atoms with Crippen molar-refractivity contribution >= 4 is 5.91 Å². The van der Waals surface area contributed by atoms with Crippen LogP contribution < -0.4 is 0 Å². The van der Waals surface area contributed by atoms with E-state index in [0.717, 1.165) is 0 Å². The average Bonchev–Trinajstić information content (AvgIpc) is 2.09. The summed E-state index contributed by atoms with van der Waals surface area (Å²) >= 11 is 0. The van der Waals surface area contributed by atoms with E-state index in [1.807, 2.05) is 6.92 Å². The number of hydrogen-bond donors (Lipinski definition) is 0. The highest BCUT2D eigenvalue weighted by atomic mass is 16.5. The molecular formula is C8H15NO3. The van der Waals surface area contributed by atoms with Crippen LogP contribution in [0, 0.1) is 0 Å². The third-order valence-corrected chi connectivity index (χ3v) is 1.79. The summed E-state index contributed by atoms with van der Waals surface area (Å²) in [5.74, 6) is 0.0703. The van der Waals surface area contributed by atoms with Crippen molar-refractivity contribution in [3.8, 4) is 0 Å². The van der Waals surface area contributed by atoms with Gasteiger partial charge in [-0.15, -0.1) is 0 Å². The molecule has 0 aromatic heterocycles. The largest absolute Gasteiger partial charge is 0.380 e. The van der Waals surface area contributed by atoms with Crippen molar-refractivity contribution in [1.29, 1.82) is 0 Å². The Morgan fingerprint density at radius 2 is 2.50 bits per heavy atom. The number of ether oxygens (including phenoxy) is 2. The van der Waals surface area contributed by atoms with Gasteiger partial charge in [-0.25, -0.2) is 0 Å². The average molecular weight is 173 g/mol. The number of nitrogens with zero attached hydrogens (tertiary/aromatic N) is 1. The molecule has 70 valence electrons. The summed E-state index contributed by atoms with van der Waals surface area (Å²) in [6.45, 7) is 5.55. The highest BCUT2D eigenvalue weighted by Crippen LogP contribution is 1.97. The van der Waals surface area contributed by atoms with Crippen molar-refractivity contribution < 1.29 is 14.3 Å². The molecule has 0 radical (unpaired) electrons. The van der Waals surface area contributed by atoms with Gasteiger partial charge in [-0.1, -0.05) is 0 Å². The first-order valence-corrected chi connectivity index (χ1v) is 4.28. The van der Waals surface area contributed by atoms with Crippen molar-refractivity contribution in [2.24, 2.45) is 0 Å². The summed E-state index contributed by atoms with van der Waals surface area (Å²) in [5.41, 5.74) is 0. The molecule has 1 aliphatic rings. The quantitative estimate of drug-likeness (QED) is 0.556. The molecule has 1 aliphatic heterocycles. The molecule has 1 saturated heterocycles. The summed E-state index contributed by atoms with van der Waals surface area (Å²) in [7, 11) is 0. The van der Waals surface area contributed by atoms with Gasteiger partial charge in [0.05, 0.1) is 13.2 Å². The molecule has 0 N–H and O–H groups in total. The van der Waals surface area contributed by atoms with Gasteiger partial charge in [0, 0.05) is 19.7 Å². The minimum absolute atomic E-state index is 0.0703. The molecule has 0 aliphatic carbocycles. The molecular weight excluding hydrogens is 158 g/mol. The van der Waals surface area contributed by atoms with Crippen LogP contribution in [0.3, 0.4) is 0 Å². The first-order valence-electron chi connectivity index (χ1n) is 4.28. The van der Waals surface area contributed by atoms with Gasteiger partial charge in [-0.05, 0) is 6.92 Å². The lowest BCUT2D eigenvalue weighted by molar-refractivity contribution is -0.143. The second kappa shape index (κ2) is 5.11. The maximum atomic E-state index is 11.1. The molecule has 12 heavy (non-hydrogen) atoms. The first-order chi connectivity index (χ1) is 5.84. The van der Waals surface area contributed by atoms with Crippen LogP contribution in [0.4, 0.5) is 0 Å². The predicted molar refractivity (Wildman–Crippen MR) is 43.9 cm³/mol. The monoisotopic (exact) mass is 173 g/mol. The van der Waals surface area contributed by atoms with E-state index in [1.54, 1.807) is 4.90 Å². The highest BCUT2D eigenvalue weighted by Gasteiger charge is 2.17. The highest BCUT2D eigenvalue weighted by molar-refractivity contribution is 5.77. The lowest BCUT2D eigenvalue weighted by atomic mass is 10.4. The molecule has 0 saturated carbocycles. The SMILES string of the molecule is CCOCCN1CCOCC1=O. The summed E-state index contributed by atoms with van der Waals surface area (Å²) in [5, 5.41) is 0. The molecule has 0 atom stereocenters. The van der Waals surface area contributed by atoms with Gasteiger partial charge in [0.15, 0.2) is 0 Å². The van der Waals surface area contributed by atoms with Crippen molar-refractivity contribution in [3.05, 3.63) is 0 Å². The smallest absolute Gasteiger partial charge is 0.248 e. The molecule has 0 aromatic rings. The molecule has 0 spiro atoms. The van der Waals surface area contributed by atoms with Crippen LogP contribution in [0.15, 0.2) is 0 Å². The fourth-order valence-electron chi connectivity index (χ4n) is 1.11. The van der Waals surface area contributed by atoms with E-state index in [0.29, 0.717) is 32.9 Å². The Morgan fingerprint density at radius 1 is 1.67 bits per heavy atom. The Balaban J connectivity index is 2.16. The third-order valence-electron chi connectivity index (χ3n) is 1.79. The second-order valence-corrected chi connectivity index (χ2v) is 2.63.